The van der Waals surface area contributed by atoms with E-state index in [2.05, 4.69) is 45.0 Å². The summed E-state index contributed by atoms with van der Waals surface area (Å²) in [6.07, 6.45) is 5.13. The molecule has 0 aromatic heterocycles. The van der Waals surface area contributed by atoms with E-state index in [9.17, 15) is 4.79 Å². The van der Waals surface area contributed by atoms with Gasteiger partial charge in [-0.05, 0) is 35.5 Å². The number of ether oxygens (including phenoxy) is 1. The zero-order valence-electron chi connectivity index (χ0n) is 12.4. The number of rotatable bonds is 6. The fraction of sp³-hybridized carbons (Fsp3) is 0.471. The molecule has 2 heteroatoms. The summed E-state index contributed by atoms with van der Waals surface area (Å²) in [6, 6.07) is 8.50. The van der Waals surface area contributed by atoms with E-state index < -0.39 is 0 Å². The number of benzene rings is 1. The first kappa shape index (κ1) is 15.5. The van der Waals surface area contributed by atoms with Gasteiger partial charge in [-0.1, -0.05) is 51.5 Å². The predicted octanol–water partition coefficient (Wildman–Crippen LogP) is 4.24. The van der Waals surface area contributed by atoms with E-state index in [4.69, 9.17) is 4.74 Å². The van der Waals surface area contributed by atoms with Crippen LogP contribution in [0.3, 0.4) is 0 Å². The zero-order valence-corrected chi connectivity index (χ0v) is 12.4. The highest BCUT2D eigenvalue weighted by Crippen LogP contribution is 2.23. The zero-order chi connectivity index (χ0) is 14.3. The van der Waals surface area contributed by atoms with Crippen molar-refractivity contribution in [3.8, 4) is 0 Å². The summed E-state index contributed by atoms with van der Waals surface area (Å²) < 4.78 is 4.71. The molecule has 0 aliphatic rings. The first-order valence-electron chi connectivity index (χ1n) is 6.97. The highest BCUT2D eigenvalue weighted by atomic mass is 16.5. The molecule has 19 heavy (non-hydrogen) atoms. The van der Waals surface area contributed by atoms with Gasteiger partial charge < -0.3 is 4.74 Å². The SMILES string of the molecule is CCCCc1ccc(C(=CC(=O)OC)C(C)C)cc1. The van der Waals surface area contributed by atoms with Gasteiger partial charge in [-0.3, -0.25) is 0 Å². The fourth-order valence-corrected chi connectivity index (χ4v) is 2.01. The smallest absolute Gasteiger partial charge is 0.330 e. The van der Waals surface area contributed by atoms with Gasteiger partial charge in [0.1, 0.15) is 0 Å². The second-order valence-corrected chi connectivity index (χ2v) is 5.08. The third kappa shape index (κ3) is 4.90. The van der Waals surface area contributed by atoms with Crippen LogP contribution in [0.4, 0.5) is 0 Å². The van der Waals surface area contributed by atoms with Gasteiger partial charge in [-0.2, -0.15) is 0 Å². The lowest BCUT2D eigenvalue weighted by Gasteiger charge is -2.12. The van der Waals surface area contributed by atoms with Crippen LogP contribution in [0, 0.1) is 5.92 Å². The molecule has 104 valence electrons. The van der Waals surface area contributed by atoms with Crippen LogP contribution in [-0.4, -0.2) is 13.1 Å². The van der Waals surface area contributed by atoms with E-state index in [1.54, 1.807) is 6.08 Å². The average Bonchev–Trinajstić information content (AvgIpc) is 2.42. The van der Waals surface area contributed by atoms with Gasteiger partial charge >= 0.3 is 5.97 Å². The summed E-state index contributed by atoms with van der Waals surface area (Å²) in [5, 5.41) is 0. The lowest BCUT2D eigenvalue weighted by Crippen LogP contribution is -2.01. The van der Waals surface area contributed by atoms with Crippen molar-refractivity contribution in [3.05, 3.63) is 41.5 Å². The molecule has 0 radical (unpaired) electrons. The number of unbranched alkanes of at least 4 members (excludes halogenated alkanes) is 1. The first-order valence-corrected chi connectivity index (χ1v) is 6.97. The number of esters is 1. The summed E-state index contributed by atoms with van der Waals surface area (Å²) in [7, 11) is 1.41. The van der Waals surface area contributed by atoms with Crippen molar-refractivity contribution in [2.24, 2.45) is 5.92 Å². The minimum Gasteiger partial charge on any atom is -0.466 e. The molecule has 0 N–H and O–H groups in total. The Bertz CT molecular complexity index is 427. The molecular formula is C17H24O2. The third-order valence-corrected chi connectivity index (χ3v) is 3.20. The van der Waals surface area contributed by atoms with Crippen molar-refractivity contribution < 1.29 is 9.53 Å². The van der Waals surface area contributed by atoms with Gasteiger partial charge in [-0.25, -0.2) is 4.79 Å². The minimum atomic E-state index is -0.293. The lowest BCUT2D eigenvalue weighted by atomic mass is 9.93. The molecular weight excluding hydrogens is 236 g/mol. The Morgan fingerprint density at radius 3 is 2.37 bits per heavy atom. The topological polar surface area (TPSA) is 26.3 Å². The van der Waals surface area contributed by atoms with Crippen LogP contribution in [0.5, 0.6) is 0 Å². The van der Waals surface area contributed by atoms with E-state index in [-0.39, 0.29) is 5.97 Å². The van der Waals surface area contributed by atoms with E-state index >= 15 is 0 Å². The molecule has 1 rings (SSSR count). The minimum absolute atomic E-state index is 0.292. The largest absolute Gasteiger partial charge is 0.466 e. The molecule has 0 bridgehead atoms. The van der Waals surface area contributed by atoms with Gasteiger partial charge in [0, 0.05) is 6.08 Å². The number of hydrogen-bond acceptors (Lipinski definition) is 2. The molecule has 0 atom stereocenters. The second-order valence-electron chi connectivity index (χ2n) is 5.08. The Morgan fingerprint density at radius 1 is 1.26 bits per heavy atom. The van der Waals surface area contributed by atoms with Gasteiger partial charge in [0.25, 0.3) is 0 Å². The lowest BCUT2D eigenvalue weighted by molar-refractivity contribution is -0.134. The molecule has 0 unspecified atom stereocenters. The van der Waals surface area contributed by atoms with Crippen molar-refractivity contribution in [1.29, 1.82) is 0 Å². The average molecular weight is 260 g/mol. The van der Waals surface area contributed by atoms with Crippen molar-refractivity contribution in [2.45, 2.75) is 40.0 Å². The molecule has 0 amide bonds. The second kappa shape index (κ2) is 7.78. The van der Waals surface area contributed by atoms with E-state index in [0.717, 1.165) is 17.6 Å². The molecule has 1 aromatic carbocycles. The Morgan fingerprint density at radius 2 is 1.89 bits per heavy atom. The normalized spacial score (nSPS) is 11.7. The van der Waals surface area contributed by atoms with Crippen LogP contribution >= 0.6 is 0 Å². The van der Waals surface area contributed by atoms with Gasteiger partial charge in [0.05, 0.1) is 7.11 Å². The number of hydrogen-bond donors (Lipinski definition) is 0. The molecule has 0 aliphatic heterocycles. The molecule has 0 spiro atoms. The summed E-state index contributed by atoms with van der Waals surface area (Å²) in [6.45, 7) is 6.36. The summed E-state index contributed by atoms with van der Waals surface area (Å²) in [5.74, 6) is -0.000601. The highest BCUT2D eigenvalue weighted by molar-refractivity contribution is 5.91. The molecule has 1 aromatic rings. The number of carbonyl (C=O) groups excluding carboxylic acids is 1. The van der Waals surface area contributed by atoms with Gasteiger partial charge in [0.2, 0.25) is 0 Å². The number of methoxy groups -OCH3 is 1. The standard InChI is InChI=1S/C17H24O2/c1-5-6-7-14-8-10-15(11-9-14)16(13(2)3)12-17(18)19-4/h8-13H,5-7H2,1-4H3. The van der Waals surface area contributed by atoms with E-state index in [0.29, 0.717) is 5.92 Å². The molecule has 0 saturated carbocycles. The van der Waals surface area contributed by atoms with Crippen LogP contribution in [-0.2, 0) is 16.0 Å². The van der Waals surface area contributed by atoms with Crippen molar-refractivity contribution in [2.75, 3.05) is 7.11 Å². The monoisotopic (exact) mass is 260 g/mol. The van der Waals surface area contributed by atoms with Crippen LogP contribution < -0.4 is 0 Å². The third-order valence-electron chi connectivity index (χ3n) is 3.20. The number of aryl methyl sites for hydroxylation is 1. The van der Waals surface area contributed by atoms with Crippen LogP contribution in [0.15, 0.2) is 30.3 Å². The number of allylic oxidation sites excluding steroid dienone is 1. The van der Waals surface area contributed by atoms with Gasteiger partial charge in [-0.15, -0.1) is 0 Å². The van der Waals surface area contributed by atoms with E-state index in [1.807, 2.05) is 0 Å². The summed E-state index contributed by atoms with van der Waals surface area (Å²) in [4.78, 5) is 11.4. The number of carbonyl (C=O) groups is 1. The predicted molar refractivity (Wildman–Crippen MR) is 79.9 cm³/mol. The Balaban J connectivity index is 2.92. The van der Waals surface area contributed by atoms with Crippen LogP contribution in [0.25, 0.3) is 5.57 Å². The van der Waals surface area contributed by atoms with Crippen LogP contribution in [0.1, 0.15) is 44.7 Å². The summed E-state index contributed by atoms with van der Waals surface area (Å²) >= 11 is 0. The Hall–Kier alpha value is -1.57. The maximum absolute atomic E-state index is 11.4. The van der Waals surface area contributed by atoms with Crippen molar-refractivity contribution >= 4 is 11.5 Å². The fourth-order valence-electron chi connectivity index (χ4n) is 2.01. The summed E-state index contributed by atoms with van der Waals surface area (Å²) in [5.41, 5.74) is 3.47. The van der Waals surface area contributed by atoms with E-state index in [1.165, 1.54) is 25.5 Å². The molecule has 0 heterocycles. The molecule has 0 aliphatic carbocycles. The molecule has 2 nitrogen and oxygen atoms in total. The Kier molecular flexibility index (Phi) is 6.34. The molecule has 0 fully saturated rings. The highest BCUT2D eigenvalue weighted by Gasteiger charge is 2.09. The Labute approximate surface area is 116 Å². The van der Waals surface area contributed by atoms with Gasteiger partial charge in [0.15, 0.2) is 0 Å². The van der Waals surface area contributed by atoms with Crippen molar-refractivity contribution in [3.63, 3.8) is 0 Å². The van der Waals surface area contributed by atoms with Crippen molar-refractivity contribution in [1.82, 2.24) is 0 Å². The maximum atomic E-state index is 11.4. The van der Waals surface area contributed by atoms with Crippen LogP contribution in [0.2, 0.25) is 0 Å². The molecule has 0 saturated heterocycles. The maximum Gasteiger partial charge on any atom is 0.330 e. The quantitative estimate of drug-likeness (QED) is 0.565. The first-order chi connectivity index (χ1) is 9.08.